The fourth-order valence-electron chi connectivity index (χ4n) is 1.92. The van der Waals surface area contributed by atoms with Crippen LogP contribution in [0.4, 0.5) is 5.95 Å². The predicted octanol–water partition coefficient (Wildman–Crippen LogP) is 2.23. The molecule has 1 fully saturated rings. The maximum Gasteiger partial charge on any atom is 0.243 e. The number of aromatic nitrogens is 3. The number of anilines is 1. The number of aryl methyl sites for hydroxylation is 2. The molecule has 1 N–H and O–H groups in total. The van der Waals surface area contributed by atoms with Crippen molar-refractivity contribution in [3.63, 3.8) is 0 Å². The molecule has 0 spiro atoms. The average Bonchev–Trinajstić information content (AvgIpc) is 2.17. The first-order valence-corrected chi connectivity index (χ1v) is 5.61. The zero-order valence-corrected chi connectivity index (χ0v) is 9.67. The molecular weight excluding hydrogens is 188 g/mol. The molecule has 0 amide bonds. The van der Waals surface area contributed by atoms with Crippen LogP contribution in [0.2, 0.25) is 0 Å². The molecule has 4 nitrogen and oxygen atoms in total. The highest BCUT2D eigenvalue weighted by molar-refractivity contribution is 5.31. The van der Waals surface area contributed by atoms with Crippen molar-refractivity contribution in [2.24, 2.45) is 0 Å². The normalized spacial score (nSPS) is 18.3. The Morgan fingerprint density at radius 3 is 2.40 bits per heavy atom. The van der Waals surface area contributed by atoms with Crippen LogP contribution in [0.3, 0.4) is 0 Å². The van der Waals surface area contributed by atoms with E-state index in [1.807, 2.05) is 13.8 Å². The van der Waals surface area contributed by atoms with Gasteiger partial charge in [0.2, 0.25) is 5.95 Å². The van der Waals surface area contributed by atoms with E-state index in [1.165, 1.54) is 19.3 Å². The lowest BCUT2D eigenvalue weighted by Crippen LogP contribution is -2.44. The summed E-state index contributed by atoms with van der Waals surface area (Å²) in [5, 5.41) is 11.6. The minimum atomic E-state index is 0.239. The standard InChI is InChI=1S/C11H18N4/c1-4-11(6-5-7-11)13-10-12-8(2)9(3)14-15-10/h4-7H2,1-3H3,(H,12,13,15). The predicted molar refractivity (Wildman–Crippen MR) is 59.8 cm³/mol. The Hall–Kier alpha value is -1.19. The Bertz CT molecular complexity index is 352. The summed E-state index contributed by atoms with van der Waals surface area (Å²) >= 11 is 0. The van der Waals surface area contributed by atoms with Crippen LogP contribution in [-0.2, 0) is 0 Å². The highest BCUT2D eigenvalue weighted by Gasteiger charge is 2.35. The summed E-state index contributed by atoms with van der Waals surface area (Å²) < 4.78 is 0. The fraction of sp³-hybridized carbons (Fsp3) is 0.727. The van der Waals surface area contributed by atoms with Crippen LogP contribution in [0.15, 0.2) is 0 Å². The van der Waals surface area contributed by atoms with Crippen molar-refractivity contribution >= 4 is 5.95 Å². The van der Waals surface area contributed by atoms with Crippen molar-refractivity contribution in [2.75, 3.05) is 5.32 Å². The first-order valence-electron chi connectivity index (χ1n) is 5.61. The van der Waals surface area contributed by atoms with Crippen molar-refractivity contribution < 1.29 is 0 Å². The molecule has 0 unspecified atom stereocenters. The first-order chi connectivity index (χ1) is 7.15. The molecule has 4 heteroatoms. The van der Waals surface area contributed by atoms with Gasteiger partial charge in [-0.1, -0.05) is 6.92 Å². The van der Waals surface area contributed by atoms with E-state index in [4.69, 9.17) is 0 Å². The maximum atomic E-state index is 4.40. The molecule has 15 heavy (non-hydrogen) atoms. The molecule has 2 rings (SSSR count). The van der Waals surface area contributed by atoms with Crippen LogP contribution in [0, 0.1) is 13.8 Å². The summed E-state index contributed by atoms with van der Waals surface area (Å²) in [5.41, 5.74) is 2.10. The van der Waals surface area contributed by atoms with Gasteiger partial charge in [0, 0.05) is 5.54 Å². The highest BCUT2D eigenvalue weighted by Crippen LogP contribution is 2.37. The molecule has 0 saturated heterocycles. The van der Waals surface area contributed by atoms with E-state index in [1.54, 1.807) is 0 Å². The van der Waals surface area contributed by atoms with E-state index in [-0.39, 0.29) is 5.54 Å². The molecule has 1 aromatic rings. The first kappa shape index (κ1) is 10.3. The molecule has 0 atom stereocenters. The second-order valence-corrected chi connectivity index (χ2v) is 4.42. The molecule has 0 aliphatic heterocycles. The van der Waals surface area contributed by atoms with Crippen LogP contribution in [-0.4, -0.2) is 20.7 Å². The van der Waals surface area contributed by atoms with Gasteiger partial charge in [-0.25, -0.2) is 4.98 Å². The van der Waals surface area contributed by atoms with Crippen molar-refractivity contribution in [1.82, 2.24) is 15.2 Å². The molecule has 0 bridgehead atoms. The Balaban J connectivity index is 2.13. The Morgan fingerprint density at radius 2 is 1.93 bits per heavy atom. The van der Waals surface area contributed by atoms with Gasteiger partial charge in [0.25, 0.3) is 0 Å². The summed E-state index contributed by atoms with van der Waals surface area (Å²) in [4.78, 5) is 4.40. The van der Waals surface area contributed by atoms with Gasteiger partial charge in [-0.05, 0) is 39.5 Å². The van der Waals surface area contributed by atoms with Gasteiger partial charge in [0.05, 0.1) is 11.4 Å². The molecule has 1 aliphatic carbocycles. The fourth-order valence-corrected chi connectivity index (χ4v) is 1.92. The summed E-state index contributed by atoms with van der Waals surface area (Å²) in [6.45, 7) is 6.10. The number of rotatable bonds is 3. The maximum absolute atomic E-state index is 4.40. The molecule has 1 aliphatic rings. The van der Waals surface area contributed by atoms with Crippen molar-refractivity contribution in [3.8, 4) is 0 Å². The molecule has 82 valence electrons. The third kappa shape index (κ3) is 1.94. The van der Waals surface area contributed by atoms with Crippen molar-refractivity contribution in [1.29, 1.82) is 0 Å². The van der Waals surface area contributed by atoms with E-state index in [9.17, 15) is 0 Å². The van der Waals surface area contributed by atoms with Crippen molar-refractivity contribution in [3.05, 3.63) is 11.4 Å². The quantitative estimate of drug-likeness (QED) is 0.824. The number of nitrogens with zero attached hydrogens (tertiary/aromatic N) is 3. The lowest BCUT2D eigenvalue weighted by Gasteiger charge is -2.41. The number of hydrogen-bond donors (Lipinski definition) is 1. The molecular formula is C11H18N4. The summed E-state index contributed by atoms with van der Waals surface area (Å²) in [7, 11) is 0. The van der Waals surface area contributed by atoms with E-state index < -0.39 is 0 Å². The average molecular weight is 206 g/mol. The van der Waals surface area contributed by atoms with Gasteiger partial charge >= 0.3 is 0 Å². The second-order valence-electron chi connectivity index (χ2n) is 4.42. The Kier molecular flexibility index (Phi) is 2.59. The SMILES string of the molecule is CCC1(Nc2nnc(C)c(C)n2)CCC1. The Morgan fingerprint density at radius 1 is 1.20 bits per heavy atom. The highest BCUT2D eigenvalue weighted by atomic mass is 15.3. The van der Waals surface area contributed by atoms with Gasteiger partial charge in [-0.15, -0.1) is 5.10 Å². The van der Waals surface area contributed by atoms with Crippen LogP contribution in [0.25, 0.3) is 0 Å². The second kappa shape index (κ2) is 3.76. The smallest absolute Gasteiger partial charge is 0.243 e. The van der Waals surface area contributed by atoms with Gasteiger partial charge in [-0.3, -0.25) is 0 Å². The molecule has 0 radical (unpaired) electrons. The van der Waals surface area contributed by atoms with E-state index in [0.717, 1.165) is 17.8 Å². The van der Waals surface area contributed by atoms with Crippen LogP contribution < -0.4 is 5.32 Å². The van der Waals surface area contributed by atoms with Gasteiger partial charge < -0.3 is 5.32 Å². The topological polar surface area (TPSA) is 50.7 Å². The summed E-state index contributed by atoms with van der Waals surface area (Å²) in [5.74, 6) is 0.680. The van der Waals surface area contributed by atoms with Gasteiger partial charge in [0.15, 0.2) is 0 Å². The van der Waals surface area contributed by atoms with E-state index >= 15 is 0 Å². The van der Waals surface area contributed by atoms with Crippen LogP contribution >= 0.6 is 0 Å². The zero-order valence-electron chi connectivity index (χ0n) is 9.67. The number of nitrogens with one attached hydrogen (secondary N) is 1. The zero-order chi connectivity index (χ0) is 10.9. The molecule has 1 heterocycles. The minimum absolute atomic E-state index is 0.239. The largest absolute Gasteiger partial charge is 0.347 e. The van der Waals surface area contributed by atoms with Crippen molar-refractivity contribution in [2.45, 2.75) is 52.0 Å². The molecule has 0 aromatic carbocycles. The monoisotopic (exact) mass is 206 g/mol. The van der Waals surface area contributed by atoms with Crippen LogP contribution in [0.5, 0.6) is 0 Å². The number of hydrogen-bond acceptors (Lipinski definition) is 4. The van der Waals surface area contributed by atoms with Crippen LogP contribution in [0.1, 0.15) is 44.0 Å². The summed E-state index contributed by atoms with van der Waals surface area (Å²) in [6.07, 6.45) is 4.88. The molecule has 1 saturated carbocycles. The summed E-state index contributed by atoms with van der Waals surface area (Å²) in [6, 6.07) is 0. The van der Waals surface area contributed by atoms with E-state index in [2.05, 4.69) is 27.4 Å². The lowest BCUT2D eigenvalue weighted by atomic mass is 9.75. The lowest BCUT2D eigenvalue weighted by molar-refractivity contribution is 0.267. The Labute approximate surface area is 90.5 Å². The third-order valence-electron chi connectivity index (χ3n) is 3.46. The van der Waals surface area contributed by atoms with Gasteiger partial charge in [-0.2, -0.15) is 5.10 Å². The van der Waals surface area contributed by atoms with E-state index in [0.29, 0.717) is 5.95 Å². The molecule has 1 aromatic heterocycles. The van der Waals surface area contributed by atoms with Gasteiger partial charge in [0.1, 0.15) is 0 Å². The minimum Gasteiger partial charge on any atom is -0.347 e. The third-order valence-corrected chi connectivity index (χ3v) is 3.46.